The van der Waals surface area contributed by atoms with Gasteiger partial charge in [-0.05, 0) is 37.5 Å². The van der Waals surface area contributed by atoms with Gasteiger partial charge in [0.1, 0.15) is 5.75 Å². The highest BCUT2D eigenvalue weighted by molar-refractivity contribution is 5.98. The Morgan fingerprint density at radius 3 is 2.96 bits per heavy atom. The van der Waals surface area contributed by atoms with Crippen molar-refractivity contribution in [3.63, 3.8) is 0 Å². The van der Waals surface area contributed by atoms with E-state index in [2.05, 4.69) is 10.6 Å². The van der Waals surface area contributed by atoms with Crippen molar-refractivity contribution in [1.82, 2.24) is 5.32 Å². The molecule has 7 heteroatoms. The lowest BCUT2D eigenvalue weighted by Gasteiger charge is -2.20. The molecule has 24 heavy (non-hydrogen) atoms. The van der Waals surface area contributed by atoms with Crippen LogP contribution in [-0.4, -0.2) is 44.8 Å². The Kier molecular flexibility index (Phi) is 5.20. The number of anilines is 2. The fraction of sp³-hybridized carbons (Fsp3) is 0.529. The molecule has 1 aromatic carbocycles. The van der Waals surface area contributed by atoms with Crippen LogP contribution in [0.4, 0.5) is 16.2 Å². The highest BCUT2D eigenvalue weighted by atomic mass is 16.5. The van der Waals surface area contributed by atoms with Crippen molar-refractivity contribution in [3.8, 4) is 5.75 Å². The van der Waals surface area contributed by atoms with Crippen LogP contribution >= 0.6 is 0 Å². The third-order valence-electron chi connectivity index (χ3n) is 4.32. The first kappa shape index (κ1) is 16.6. The summed E-state index contributed by atoms with van der Waals surface area (Å²) in [5.41, 5.74) is 1.31. The fourth-order valence-electron chi connectivity index (χ4n) is 3.07. The predicted molar refractivity (Wildman–Crippen MR) is 90.6 cm³/mol. The minimum absolute atomic E-state index is 0.0771. The Hall–Kier alpha value is -2.28. The van der Waals surface area contributed by atoms with E-state index in [1.165, 1.54) is 0 Å². The Morgan fingerprint density at radius 2 is 2.29 bits per heavy atom. The van der Waals surface area contributed by atoms with Crippen LogP contribution in [0.3, 0.4) is 0 Å². The molecule has 130 valence electrons. The monoisotopic (exact) mass is 333 g/mol. The lowest BCUT2D eigenvalue weighted by molar-refractivity contribution is -0.117. The molecule has 2 saturated heterocycles. The predicted octanol–water partition coefficient (Wildman–Crippen LogP) is 2.12. The zero-order valence-corrected chi connectivity index (χ0v) is 13.8. The van der Waals surface area contributed by atoms with Crippen molar-refractivity contribution in [1.29, 1.82) is 0 Å². The van der Waals surface area contributed by atoms with Crippen molar-refractivity contribution < 1.29 is 19.1 Å². The van der Waals surface area contributed by atoms with Crippen LogP contribution in [0.1, 0.15) is 25.7 Å². The Labute approximate surface area is 141 Å². The topological polar surface area (TPSA) is 79.9 Å². The van der Waals surface area contributed by atoms with E-state index < -0.39 is 0 Å². The van der Waals surface area contributed by atoms with Crippen molar-refractivity contribution in [2.45, 2.75) is 31.8 Å². The molecule has 0 unspecified atom stereocenters. The summed E-state index contributed by atoms with van der Waals surface area (Å²) >= 11 is 0. The van der Waals surface area contributed by atoms with Gasteiger partial charge in [-0.1, -0.05) is 0 Å². The molecular formula is C17H23N3O4. The molecule has 0 spiro atoms. The van der Waals surface area contributed by atoms with Gasteiger partial charge in [-0.2, -0.15) is 0 Å². The van der Waals surface area contributed by atoms with Crippen LogP contribution < -0.4 is 20.3 Å². The molecule has 0 bridgehead atoms. The maximum Gasteiger partial charge on any atom is 0.319 e. The summed E-state index contributed by atoms with van der Waals surface area (Å²) in [4.78, 5) is 25.7. The number of nitrogens with one attached hydrogen (secondary N) is 2. The largest absolute Gasteiger partial charge is 0.495 e. The van der Waals surface area contributed by atoms with E-state index in [1.807, 2.05) is 0 Å². The molecule has 2 aliphatic heterocycles. The van der Waals surface area contributed by atoms with Gasteiger partial charge in [0.05, 0.1) is 18.9 Å². The first-order valence-corrected chi connectivity index (χ1v) is 8.32. The SMILES string of the molecule is COc1ccc(NC(=O)NC[C@@H]2CCCO2)cc1N1CCCC1=O. The van der Waals surface area contributed by atoms with Gasteiger partial charge in [0, 0.05) is 31.8 Å². The number of nitrogens with zero attached hydrogens (tertiary/aromatic N) is 1. The van der Waals surface area contributed by atoms with Gasteiger partial charge in [0.15, 0.2) is 0 Å². The average Bonchev–Trinajstić information content (AvgIpc) is 3.24. The van der Waals surface area contributed by atoms with Gasteiger partial charge < -0.3 is 25.0 Å². The molecular weight excluding hydrogens is 310 g/mol. The van der Waals surface area contributed by atoms with Crippen molar-refractivity contribution in [3.05, 3.63) is 18.2 Å². The molecule has 0 radical (unpaired) electrons. The summed E-state index contributed by atoms with van der Waals surface area (Å²) in [6, 6.07) is 5.01. The maximum atomic E-state index is 12.0. The minimum Gasteiger partial charge on any atom is -0.495 e. The lowest BCUT2D eigenvalue weighted by Crippen LogP contribution is -2.35. The van der Waals surface area contributed by atoms with Crippen molar-refractivity contribution in [2.75, 3.05) is 37.0 Å². The highest BCUT2D eigenvalue weighted by Gasteiger charge is 2.25. The highest BCUT2D eigenvalue weighted by Crippen LogP contribution is 2.33. The zero-order valence-electron chi connectivity index (χ0n) is 13.8. The number of ether oxygens (including phenoxy) is 2. The fourth-order valence-corrected chi connectivity index (χ4v) is 3.07. The quantitative estimate of drug-likeness (QED) is 0.865. The standard InChI is InChI=1S/C17H23N3O4/c1-23-15-7-6-12(10-14(15)20-8-2-5-16(20)21)19-17(22)18-11-13-4-3-9-24-13/h6-7,10,13H,2-5,8-9,11H2,1H3,(H2,18,19,22)/t13-/m0/s1. The molecule has 1 atom stereocenters. The van der Waals surface area contributed by atoms with Crippen LogP contribution in [0.5, 0.6) is 5.75 Å². The second-order valence-corrected chi connectivity index (χ2v) is 6.01. The number of hydrogen-bond donors (Lipinski definition) is 2. The van der Waals surface area contributed by atoms with Gasteiger partial charge in [-0.15, -0.1) is 0 Å². The Balaban J connectivity index is 1.64. The van der Waals surface area contributed by atoms with E-state index in [1.54, 1.807) is 30.2 Å². The third-order valence-corrected chi connectivity index (χ3v) is 4.32. The Morgan fingerprint density at radius 1 is 1.42 bits per heavy atom. The van der Waals surface area contributed by atoms with Crippen LogP contribution in [0.25, 0.3) is 0 Å². The van der Waals surface area contributed by atoms with E-state index >= 15 is 0 Å². The molecule has 3 rings (SSSR count). The van der Waals surface area contributed by atoms with Gasteiger partial charge in [-0.3, -0.25) is 4.79 Å². The van der Waals surface area contributed by atoms with Crippen LogP contribution in [0.2, 0.25) is 0 Å². The number of rotatable bonds is 5. The van der Waals surface area contributed by atoms with E-state index in [4.69, 9.17) is 9.47 Å². The second kappa shape index (κ2) is 7.53. The smallest absolute Gasteiger partial charge is 0.319 e. The normalized spacial score (nSPS) is 20.3. The summed E-state index contributed by atoms with van der Waals surface area (Å²) in [7, 11) is 1.57. The molecule has 3 amide bonds. The maximum absolute atomic E-state index is 12.0. The van der Waals surface area contributed by atoms with Crippen molar-refractivity contribution >= 4 is 23.3 Å². The number of amides is 3. The third kappa shape index (κ3) is 3.79. The van der Waals surface area contributed by atoms with E-state index in [0.29, 0.717) is 36.6 Å². The number of benzene rings is 1. The molecule has 0 aromatic heterocycles. The molecule has 2 fully saturated rings. The summed E-state index contributed by atoms with van der Waals surface area (Å²) in [6.07, 6.45) is 3.50. The number of hydrogen-bond acceptors (Lipinski definition) is 4. The van der Waals surface area contributed by atoms with Crippen LogP contribution in [0, 0.1) is 0 Å². The number of methoxy groups -OCH3 is 1. The summed E-state index contributed by atoms with van der Waals surface area (Å²) < 4.78 is 10.8. The summed E-state index contributed by atoms with van der Waals surface area (Å²) in [5, 5.41) is 5.61. The lowest BCUT2D eigenvalue weighted by atomic mass is 10.2. The molecule has 2 N–H and O–H groups in total. The number of carbonyl (C=O) groups is 2. The summed E-state index contributed by atoms with van der Waals surface area (Å²) in [5.74, 6) is 0.698. The molecule has 0 saturated carbocycles. The molecule has 7 nitrogen and oxygen atoms in total. The van der Waals surface area contributed by atoms with E-state index in [0.717, 1.165) is 25.9 Å². The molecule has 1 aromatic rings. The molecule has 2 heterocycles. The average molecular weight is 333 g/mol. The van der Waals surface area contributed by atoms with Gasteiger partial charge in [0.25, 0.3) is 0 Å². The first-order valence-electron chi connectivity index (χ1n) is 8.32. The van der Waals surface area contributed by atoms with Gasteiger partial charge >= 0.3 is 6.03 Å². The van der Waals surface area contributed by atoms with Crippen LogP contribution in [0.15, 0.2) is 18.2 Å². The Bertz CT molecular complexity index is 614. The minimum atomic E-state index is -0.283. The number of carbonyl (C=O) groups excluding carboxylic acids is 2. The number of urea groups is 1. The molecule has 0 aliphatic carbocycles. The van der Waals surface area contributed by atoms with Crippen LogP contribution in [-0.2, 0) is 9.53 Å². The van der Waals surface area contributed by atoms with Gasteiger partial charge in [-0.25, -0.2) is 4.79 Å². The second-order valence-electron chi connectivity index (χ2n) is 6.01. The van der Waals surface area contributed by atoms with E-state index in [9.17, 15) is 9.59 Å². The zero-order chi connectivity index (χ0) is 16.9. The van der Waals surface area contributed by atoms with Crippen molar-refractivity contribution in [2.24, 2.45) is 0 Å². The van der Waals surface area contributed by atoms with Gasteiger partial charge in [0.2, 0.25) is 5.91 Å². The first-order chi connectivity index (χ1) is 11.7. The van der Waals surface area contributed by atoms with E-state index in [-0.39, 0.29) is 18.0 Å². The molecule has 2 aliphatic rings. The summed E-state index contributed by atoms with van der Waals surface area (Å²) in [6.45, 7) is 1.93.